The number of rotatable bonds is 5. The smallest absolute Gasteiger partial charge is 0.164 e. The summed E-state index contributed by atoms with van der Waals surface area (Å²) in [6.45, 7) is 0. The molecule has 10 rings (SSSR count). The number of nitrogens with zero attached hydrogens (tertiary/aromatic N) is 3. The Morgan fingerprint density at radius 2 is 0.827 bits per heavy atom. The molecule has 242 valence electrons. The number of hydrogen-bond donors (Lipinski definition) is 0. The third-order valence-electron chi connectivity index (χ3n) is 10.1. The SMILES string of the molecule is c1ccc(-c2nc(-c3cccc(-c4ccc5ccccc5c4)c3)nc(-c3ccccc3-c3c4ccccc4cc4c3ccc3ccccc34)n2)cc1. The molecule has 3 nitrogen and oxygen atoms in total. The summed E-state index contributed by atoms with van der Waals surface area (Å²) >= 11 is 0. The molecule has 0 amide bonds. The van der Waals surface area contributed by atoms with Crippen molar-refractivity contribution in [2.24, 2.45) is 0 Å². The largest absolute Gasteiger partial charge is 0.208 e. The molecule has 0 aliphatic heterocycles. The van der Waals surface area contributed by atoms with E-state index in [1.54, 1.807) is 0 Å². The summed E-state index contributed by atoms with van der Waals surface area (Å²) in [5.41, 5.74) is 7.36. The van der Waals surface area contributed by atoms with Crippen LogP contribution in [0.5, 0.6) is 0 Å². The van der Waals surface area contributed by atoms with Crippen LogP contribution in [-0.4, -0.2) is 15.0 Å². The Bertz CT molecular complexity index is 2970. The lowest BCUT2D eigenvalue weighted by Crippen LogP contribution is -2.01. The van der Waals surface area contributed by atoms with Gasteiger partial charge in [-0.15, -0.1) is 0 Å². The van der Waals surface area contributed by atoms with Gasteiger partial charge in [-0.25, -0.2) is 15.0 Å². The van der Waals surface area contributed by atoms with E-state index in [1.807, 2.05) is 18.2 Å². The van der Waals surface area contributed by atoms with Gasteiger partial charge in [-0.1, -0.05) is 170 Å². The van der Waals surface area contributed by atoms with E-state index in [-0.39, 0.29) is 0 Å². The van der Waals surface area contributed by atoms with Gasteiger partial charge >= 0.3 is 0 Å². The summed E-state index contributed by atoms with van der Waals surface area (Å²) in [6, 6.07) is 66.5. The van der Waals surface area contributed by atoms with Gasteiger partial charge in [0.15, 0.2) is 17.5 Å². The maximum absolute atomic E-state index is 5.26. The number of benzene rings is 9. The molecule has 0 unspecified atom stereocenters. The summed E-state index contributed by atoms with van der Waals surface area (Å²) in [6.07, 6.45) is 0. The van der Waals surface area contributed by atoms with Gasteiger partial charge in [-0.05, 0) is 83.5 Å². The third-order valence-corrected chi connectivity index (χ3v) is 10.1. The van der Waals surface area contributed by atoms with Gasteiger partial charge in [0.2, 0.25) is 0 Å². The quantitative estimate of drug-likeness (QED) is 0.136. The van der Waals surface area contributed by atoms with Crippen LogP contribution in [0.15, 0.2) is 188 Å². The fraction of sp³-hybridized carbons (Fsp3) is 0. The number of fused-ring (bicyclic) bond motifs is 5. The second-order valence-corrected chi connectivity index (χ2v) is 13.2. The Morgan fingerprint density at radius 1 is 0.250 bits per heavy atom. The van der Waals surface area contributed by atoms with Crippen molar-refractivity contribution in [1.29, 1.82) is 0 Å². The molecule has 9 aromatic carbocycles. The zero-order valence-electron chi connectivity index (χ0n) is 28.2. The van der Waals surface area contributed by atoms with E-state index in [0.717, 1.165) is 33.4 Å². The summed E-state index contributed by atoms with van der Waals surface area (Å²) in [5, 5.41) is 9.72. The van der Waals surface area contributed by atoms with E-state index in [4.69, 9.17) is 15.0 Å². The minimum atomic E-state index is 0.634. The molecular weight excluding hydrogens is 631 g/mol. The first-order chi connectivity index (χ1) is 25.8. The fourth-order valence-corrected chi connectivity index (χ4v) is 7.56. The van der Waals surface area contributed by atoms with Crippen LogP contribution in [0, 0.1) is 0 Å². The van der Waals surface area contributed by atoms with Crippen molar-refractivity contribution < 1.29 is 0 Å². The molecule has 0 saturated carbocycles. The minimum absolute atomic E-state index is 0.634. The number of aromatic nitrogens is 3. The van der Waals surface area contributed by atoms with Crippen LogP contribution in [0.2, 0.25) is 0 Å². The van der Waals surface area contributed by atoms with E-state index >= 15 is 0 Å². The molecule has 0 N–H and O–H groups in total. The standard InChI is InChI=1S/C49H31N3/c1-2-15-34(16-3-1)47-50-48(39-20-12-19-36(30-39)37-26-25-32-13-4-5-17-35(32)29-37)52-49(51-47)44-24-11-10-23-42(44)46-41-22-9-7-18-38(41)31-45-40-21-8-6-14-33(40)27-28-43(45)46/h1-31H. The lowest BCUT2D eigenvalue weighted by Gasteiger charge is -2.17. The first kappa shape index (κ1) is 29.9. The van der Waals surface area contributed by atoms with Crippen LogP contribution in [-0.2, 0) is 0 Å². The zero-order chi connectivity index (χ0) is 34.4. The van der Waals surface area contributed by atoms with Gasteiger partial charge in [0.1, 0.15) is 0 Å². The highest BCUT2D eigenvalue weighted by Gasteiger charge is 2.19. The van der Waals surface area contributed by atoms with E-state index in [2.05, 4.69) is 170 Å². The van der Waals surface area contributed by atoms with Crippen LogP contribution in [0.4, 0.5) is 0 Å². The topological polar surface area (TPSA) is 38.7 Å². The molecule has 10 aromatic rings. The predicted molar refractivity (Wildman–Crippen MR) is 217 cm³/mol. The van der Waals surface area contributed by atoms with Crippen molar-refractivity contribution in [2.45, 2.75) is 0 Å². The van der Waals surface area contributed by atoms with E-state index in [0.29, 0.717) is 17.5 Å². The van der Waals surface area contributed by atoms with Gasteiger partial charge in [-0.3, -0.25) is 0 Å². The van der Waals surface area contributed by atoms with Crippen LogP contribution in [0.3, 0.4) is 0 Å². The average molecular weight is 662 g/mol. The molecule has 0 atom stereocenters. The minimum Gasteiger partial charge on any atom is -0.208 e. The summed E-state index contributed by atoms with van der Waals surface area (Å²) in [5.74, 6) is 1.91. The summed E-state index contributed by atoms with van der Waals surface area (Å²) < 4.78 is 0. The van der Waals surface area contributed by atoms with Crippen molar-refractivity contribution in [1.82, 2.24) is 15.0 Å². The second kappa shape index (κ2) is 12.4. The Labute approximate surface area is 301 Å². The highest BCUT2D eigenvalue weighted by Crippen LogP contribution is 2.43. The molecule has 3 heteroatoms. The molecule has 0 aliphatic rings. The fourth-order valence-electron chi connectivity index (χ4n) is 7.56. The Balaban J connectivity index is 1.20. The molecule has 0 bridgehead atoms. The van der Waals surface area contributed by atoms with Crippen molar-refractivity contribution in [3.8, 4) is 56.4 Å². The molecule has 0 saturated heterocycles. The monoisotopic (exact) mass is 661 g/mol. The van der Waals surface area contributed by atoms with E-state index < -0.39 is 0 Å². The van der Waals surface area contributed by atoms with Crippen LogP contribution in [0.25, 0.3) is 99.5 Å². The molecule has 0 radical (unpaired) electrons. The van der Waals surface area contributed by atoms with Crippen LogP contribution >= 0.6 is 0 Å². The first-order valence-electron chi connectivity index (χ1n) is 17.6. The van der Waals surface area contributed by atoms with Gasteiger partial charge in [-0.2, -0.15) is 0 Å². The van der Waals surface area contributed by atoms with Crippen molar-refractivity contribution >= 4 is 43.1 Å². The van der Waals surface area contributed by atoms with Gasteiger partial charge in [0.05, 0.1) is 0 Å². The molecule has 0 spiro atoms. The normalized spacial score (nSPS) is 11.5. The van der Waals surface area contributed by atoms with Gasteiger partial charge in [0.25, 0.3) is 0 Å². The molecule has 1 heterocycles. The Hall–Kier alpha value is -6.97. The first-order valence-corrected chi connectivity index (χ1v) is 17.6. The maximum atomic E-state index is 5.26. The Kier molecular flexibility index (Phi) is 7.14. The average Bonchev–Trinajstić information content (AvgIpc) is 3.23. The lowest BCUT2D eigenvalue weighted by molar-refractivity contribution is 1.07. The molecule has 0 aliphatic carbocycles. The zero-order valence-corrected chi connectivity index (χ0v) is 28.2. The molecular formula is C49H31N3. The van der Waals surface area contributed by atoms with Crippen molar-refractivity contribution in [2.75, 3.05) is 0 Å². The predicted octanol–water partition coefficient (Wildman–Crippen LogP) is 12.8. The highest BCUT2D eigenvalue weighted by atomic mass is 15.0. The lowest BCUT2D eigenvalue weighted by atomic mass is 9.88. The molecule has 1 aromatic heterocycles. The van der Waals surface area contributed by atoms with Crippen LogP contribution < -0.4 is 0 Å². The highest BCUT2D eigenvalue weighted by molar-refractivity contribution is 6.21. The van der Waals surface area contributed by atoms with Gasteiger partial charge in [0, 0.05) is 16.7 Å². The number of hydrogen-bond acceptors (Lipinski definition) is 3. The molecule has 52 heavy (non-hydrogen) atoms. The van der Waals surface area contributed by atoms with E-state index in [9.17, 15) is 0 Å². The summed E-state index contributed by atoms with van der Waals surface area (Å²) in [7, 11) is 0. The summed E-state index contributed by atoms with van der Waals surface area (Å²) in [4.78, 5) is 15.5. The van der Waals surface area contributed by atoms with Crippen LogP contribution in [0.1, 0.15) is 0 Å². The van der Waals surface area contributed by atoms with Crippen molar-refractivity contribution in [3.63, 3.8) is 0 Å². The van der Waals surface area contributed by atoms with Gasteiger partial charge < -0.3 is 0 Å². The molecule has 0 fully saturated rings. The Morgan fingerprint density at radius 3 is 1.67 bits per heavy atom. The third kappa shape index (κ3) is 5.19. The maximum Gasteiger partial charge on any atom is 0.164 e. The second-order valence-electron chi connectivity index (χ2n) is 13.2. The van der Waals surface area contributed by atoms with Crippen molar-refractivity contribution in [3.05, 3.63) is 188 Å². The van der Waals surface area contributed by atoms with E-state index in [1.165, 1.54) is 48.7 Å².